The summed E-state index contributed by atoms with van der Waals surface area (Å²) in [6.07, 6.45) is 0. The van der Waals surface area contributed by atoms with Gasteiger partial charge >= 0.3 is 0 Å². The molecule has 0 aliphatic rings. The average Bonchev–Trinajstić information content (AvgIpc) is 4.06. The molecule has 0 aliphatic heterocycles. The van der Waals surface area contributed by atoms with E-state index < -0.39 is 95.7 Å². The summed E-state index contributed by atoms with van der Waals surface area (Å²) in [7, 11) is 0. The third-order valence-electron chi connectivity index (χ3n) is 10.6. The first-order chi connectivity index (χ1) is 34.9. The summed E-state index contributed by atoms with van der Waals surface area (Å²) >= 11 is 0. The highest BCUT2D eigenvalue weighted by Gasteiger charge is 2.18. The van der Waals surface area contributed by atoms with Crippen molar-refractivity contribution < 1.29 is 21.9 Å². The second-order valence-corrected chi connectivity index (χ2v) is 13.7. The van der Waals surface area contributed by atoms with Crippen LogP contribution in [0.2, 0.25) is 0 Å². The number of aromatic nitrogens is 3. The van der Waals surface area contributed by atoms with Gasteiger partial charge in [-0.05, 0) is 101 Å². The van der Waals surface area contributed by atoms with E-state index in [0.717, 1.165) is 33.1 Å². The van der Waals surface area contributed by atoms with E-state index in [4.69, 9.17) is 9.60 Å². The third-order valence-corrected chi connectivity index (χ3v) is 10.6. The highest BCUT2D eigenvalue weighted by atomic mass is 15.0. The number of hydrogen-bond acceptors (Lipinski definition) is 0. The first-order valence-electron chi connectivity index (χ1n) is 26.3. The maximum atomic E-state index is 9.99. The van der Waals surface area contributed by atoms with Crippen LogP contribution in [0.15, 0.2) is 212 Å². The van der Waals surface area contributed by atoms with Crippen molar-refractivity contribution in [3.05, 3.63) is 212 Å². The molecule has 57 heavy (non-hydrogen) atoms. The van der Waals surface area contributed by atoms with Crippen LogP contribution in [-0.2, 0) is 0 Å². The van der Waals surface area contributed by atoms with Crippen LogP contribution >= 0.6 is 0 Å². The minimum absolute atomic E-state index is 0.0804. The number of rotatable bonds is 5. The van der Waals surface area contributed by atoms with E-state index in [9.17, 15) is 12.3 Å². The van der Waals surface area contributed by atoms with Crippen LogP contribution in [0.1, 0.15) is 21.9 Å². The Bertz CT molecular complexity index is 4420. The fourth-order valence-corrected chi connectivity index (χ4v) is 8.08. The lowest BCUT2D eigenvalue weighted by atomic mass is 10.0. The molecular formula is C54H35N3. The number of hydrogen-bond donors (Lipinski definition) is 0. The summed E-state index contributed by atoms with van der Waals surface area (Å²) < 4.78 is 151. The predicted octanol–water partition coefficient (Wildman–Crippen LogP) is 14.3. The molecule has 0 atom stereocenters. The molecule has 0 spiro atoms. The van der Waals surface area contributed by atoms with E-state index >= 15 is 0 Å². The van der Waals surface area contributed by atoms with Gasteiger partial charge in [-0.2, -0.15) is 0 Å². The van der Waals surface area contributed by atoms with Gasteiger partial charge in [0.05, 0.1) is 55.0 Å². The van der Waals surface area contributed by atoms with Crippen LogP contribution in [0.3, 0.4) is 0 Å². The van der Waals surface area contributed by atoms with Gasteiger partial charge in [0.2, 0.25) is 0 Å². The summed E-state index contributed by atoms with van der Waals surface area (Å²) in [5.74, 6) is 0. The SMILES string of the molecule is [2H]c1ccc(-c2ccc(-n3c4c([2H])c([2H])c([2H])c([2H])c4c4c([2H])c(-c5c([2H])c([2H])c6c(c5[2H])c5c([2H])c([2H])c([2H])c([2H])c5n6-c5ccc6c7ccccc7n(-c7ccc([2H])cc7)c6c5)c([2H])c([2H])c43)cc2)cc1. The van der Waals surface area contributed by atoms with Crippen molar-refractivity contribution in [2.24, 2.45) is 0 Å². The van der Waals surface area contributed by atoms with Crippen molar-refractivity contribution in [1.82, 2.24) is 13.7 Å². The first-order valence-corrected chi connectivity index (χ1v) is 18.3. The van der Waals surface area contributed by atoms with Gasteiger partial charge in [-0.3, -0.25) is 0 Å². The average molecular weight is 742 g/mol. The normalized spacial score (nSPS) is 15.8. The standard InChI is InChI=1S/C54H35N3/c1-3-13-36(14-4-1)37-23-27-41(28-24-37)55-50-21-11-8-18-44(50)47-33-38(25-31-52(47)55)39-26-32-53-48(34-39)45-19-9-12-22-51(45)57(53)42-29-30-46-43-17-7-10-20-49(43)56(54(46)35-42)40-15-5-2-6-16-40/h1-35H/i1D,2D,8D,9D,11D,12D,18D,19D,21D,22D,25D,26D,31D,32D,33D,34D. The topological polar surface area (TPSA) is 14.8 Å². The molecule has 0 bridgehead atoms. The van der Waals surface area contributed by atoms with Crippen molar-refractivity contribution in [1.29, 1.82) is 0 Å². The largest absolute Gasteiger partial charge is 0.309 e. The molecular weight excluding hydrogens is 691 g/mol. The number of nitrogens with zero attached hydrogens (tertiary/aromatic N) is 3. The van der Waals surface area contributed by atoms with Crippen molar-refractivity contribution >= 4 is 65.4 Å². The van der Waals surface area contributed by atoms with E-state index in [1.165, 1.54) is 9.13 Å². The molecule has 3 aromatic heterocycles. The Labute approximate surface area is 352 Å². The van der Waals surface area contributed by atoms with Crippen LogP contribution < -0.4 is 0 Å². The van der Waals surface area contributed by atoms with Crippen molar-refractivity contribution in [3.8, 4) is 39.3 Å². The molecule has 0 amide bonds. The minimum Gasteiger partial charge on any atom is -0.309 e. The molecule has 266 valence electrons. The van der Waals surface area contributed by atoms with Gasteiger partial charge in [0.25, 0.3) is 0 Å². The van der Waals surface area contributed by atoms with Gasteiger partial charge in [0.1, 0.15) is 0 Å². The molecule has 12 rings (SSSR count). The number of para-hydroxylation sites is 4. The molecule has 9 aromatic carbocycles. The van der Waals surface area contributed by atoms with E-state index in [1.807, 2.05) is 47.0 Å². The van der Waals surface area contributed by atoms with Crippen molar-refractivity contribution in [2.75, 3.05) is 0 Å². The molecule has 0 fully saturated rings. The van der Waals surface area contributed by atoms with Crippen LogP contribution in [0.4, 0.5) is 0 Å². The fraction of sp³-hybridized carbons (Fsp3) is 0. The van der Waals surface area contributed by atoms with Crippen LogP contribution in [-0.4, -0.2) is 13.7 Å². The van der Waals surface area contributed by atoms with E-state index in [2.05, 4.69) is 0 Å². The zero-order valence-electron chi connectivity index (χ0n) is 45.8. The van der Waals surface area contributed by atoms with E-state index in [0.29, 0.717) is 29.0 Å². The van der Waals surface area contributed by atoms with Gasteiger partial charge in [-0.1, -0.05) is 133 Å². The van der Waals surface area contributed by atoms with Gasteiger partial charge in [0.15, 0.2) is 0 Å². The van der Waals surface area contributed by atoms with Crippen molar-refractivity contribution in [2.45, 2.75) is 0 Å². The summed E-state index contributed by atoms with van der Waals surface area (Å²) in [6, 6.07) is 26.6. The summed E-state index contributed by atoms with van der Waals surface area (Å²) in [4.78, 5) is 0. The third kappa shape index (κ3) is 4.86. The van der Waals surface area contributed by atoms with Crippen LogP contribution in [0.25, 0.3) is 105 Å². The Hall–Kier alpha value is -7.62. The second-order valence-electron chi connectivity index (χ2n) is 13.7. The molecule has 3 heterocycles. The number of fused-ring (bicyclic) bond motifs is 9. The summed E-state index contributed by atoms with van der Waals surface area (Å²) in [5, 5.41) is 1.11. The number of benzene rings is 9. The summed E-state index contributed by atoms with van der Waals surface area (Å²) in [5.41, 5.74) is 3.21. The molecule has 0 saturated carbocycles. The lowest BCUT2D eigenvalue weighted by molar-refractivity contribution is 1.15. The molecule has 0 aliphatic carbocycles. The van der Waals surface area contributed by atoms with E-state index in [-0.39, 0.29) is 43.6 Å². The quantitative estimate of drug-likeness (QED) is 0.167. The lowest BCUT2D eigenvalue weighted by Crippen LogP contribution is -1.96. The molecule has 0 saturated heterocycles. The second kappa shape index (κ2) is 12.5. The maximum Gasteiger partial charge on any atom is 0.0645 e. The molecule has 3 heteroatoms. The van der Waals surface area contributed by atoms with Gasteiger partial charge in [0, 0.05) is 49.4 Å². The van der Waals surface area contributed by atoms with Gasteiger partial charge in [-0.15, -0.1) is 0 Å². The molecule has 0 unspecified atom stereocenters. The Balaban J connectivity index is 1.17. The molecule has 12 aromatic rings. The monoisotopic (exact) mass is 741 g/mol. The maximum absolute atomic E-state index is 9.99. The molecule has 3 nitrogen and oxygen atoms in total. The highest BCUT2D eigenvalue weighted by Crippen LogP contribution is 2.40. The fourth-order valence-electron chi connectivity index (χ4n) is 8.08. The van der Waals surface area contributed by atoms with Crippen LogP contribution in [0, 0.1) is 0 Å². The zero-order chi connectivity index (χ0) is 51.4. The van der Waals surface area contributed by atoms with Gasteiger partial charge < -0.3 is 13.7 Å². The smallest absolute Gasteiger partial charge is 0.0645 e. The zero-order valence-corrected chi connectivity index (χ0v) is 29.8. The first kappa shape index (κ1) is 19.8. The van der Waals surface area contributed by atoms with E-state index in [1.54, 1.807) is 72.8 Å². The Morgan fingerprint density at radius 3 is 1.44 bits per heavy atom. The summed E-state index contributed by atoms with van der Waals surface area (Å²) in [6.45, 7) is 0. The predicted molar refractivity (Wildman–Crippen MR) is 240 cm³/mol. The van der Waals surface area contributed by atoms with Gasteiger partial charge in [-0.25, -0.2) is 0 Å². The molecule has 0 radical (unpaired) electrons. The Kier molecular flexibility index (Phi) is 4.33. The Morgan fingerprint density at radius 2 is 0.772 bits per heavy atom. The molecule has 0 N–H and O–H groups in total. The minimum atomic E-state index is -0.650. The Morgan fingerprint density at radius 1 is 0.281 bits per heavy atom. The lowest BCUT2D eigenvalue weighted by Gasteiger charge is -2.11. The highest BCUT2D eigenvalue weighted by molar-refractivity contribution is 6.14. The van der Waals surface area contributed by atoms with Crippen molar-refractivity contribution in [3.63, 3.8) is 0 Å². The van der Waals surface area contributed by atoms with Crippen LogP contribution in [0.5, 0.6) is 0 Å².